The third kappa shape index (κ3) is 6.46. The fourth-order valence-corrected chi connectivity index (χ4v) is 2.99. The molecule has 9 heteroatoms. The van der Waals surface area contributed by atoms with E-state index in [4.69, 9.17) is 4.74 Å². The van der Waals surface area contributed by atoms with Gasteiger partial charge in [-0.15, -0.1) is 0 Å². The Kier molecular flexibility index (Phi) is 6.29. The lowest BCUT2D eigenvalue weighted by Crippen LogP contribution is -2.34. The van der Waals surface area contributed by atoms with Gasteiger partial charge in [0.05, 0.1) is 4.90 Å². The van der Waals surface area contributed by atoms with Crippen molar-refractivity contribution in [2.45, 2.75) is 31.3 Å². The molecule has 2 rings (SSSR count). The summed E-state index contributed by atoms with van der Waals surface area (Å²) in [4.78, 5) is 27.6. The van der Waals surface area contributed by atoms with Crippen molar-refractivity contribution in [1.82, 2.24) is 9.71 Å². The summed E-state index contributed by atoms with van der Waals surface area (Å²) in [7, 11) is -3.88. The summed E-state index contributed by atoms with van der Waals surface area (Å²) in [5, 5.41) is 2.62. The number of amides is 1. The van der Waals surface area contributed by atoms with Crippen LogP contribution in [0, 0.1) is 0 Å². The maximum Gasteiger partial charge on any atom is 0.321 e. The first-order valence-electron chi connectivity index (χ1n) is 8.11. The van der Waals surface area contributed by atoms with Gasteiger partial charge in [0.1, 0.15) is 17.8 Å². The van der Waals surface area contributed by atoms with Gasteiger partial charge < -0.3 is 10.1 Å². The molecule has 27 heavy (non-hydrogen) atoms. The standard InChI is InChI=1S/C18H21N3O5S/c1-18(2,3)26-16(22)12-20-27(24,25)14-9-7-13(8-10-14)21-17(23)15-6-4-5-11-19-15/h4-11,20H,12H2,1-3H3,(H,21,23). The zero-order valence-electron chi connectivity index (χ0n) is 15.2. The molecule has 0 aliphatic rings. The molecule has 1 heterocycles. The SMILES string of the molecule is CC(C)(C)OC(=O)CNS(=O)(=O)c1ccc(NC(=O)c2ccccn2)cc1. The summed E-state index contributed by atoms with van der Waals surface area (Å²) in [6, 6.07) is 10.5. The van der Waals surface area contributed by atoms with Crippen molar-refractivity contribution < 1.29 is 22.7 Å². The van der Waals surface area contributed by atoms with E-state index in [9.17, 15) is 18.0 Å². The van der Waals surface area contributed by atoms with Gasteiger partial charge in [-0.1, -0.05) is 6.07 Å². The Morgan fingerprint density at radius 2 is 1.74 bits per heavy atom. The van der Waals surface area contributed by atoms with Crippen LogP contribution in [-0.4, -0.2) is 37.4 Å². The van der Waals surface area contributed by atoms with E-state index < -0.39 is 34.0 Å². The van der Waals surface area contributed by atoms with Gasteiger partial charge in [0.25, 0.3) is 5.91 Å². The first-order chi connectivity index (χ1) is 12.6. The Balaban J connectivity index is 1.99. The fourth-order valence-electron chi connectivity index (χ4n) is 2.02. The predicted molar refractivity (Wildman–Crippen MR) is 99.7 cm³/mol. The molecular formula is C18H21N3O5S. The van der Waals surface area contributed by atoms with Gasteiger partial charge >= 0.3 is 5.97 Å². The second kappa shape index (κ2) is 8.28. The summed E-state index contributed by atoms with van der Waals surface area (Å²) in [5.41, 5.74) is -0.0410. The molecule has 0 saturated heterocycles. The van der Waals surface area contributed by atoms with E-state index >= 15 is 0 Å². The number of aromatic nitrogens is 1. The Labute approximate surface area is 158 Å². The summed E-state index contributed by atoms with van der Waals surface area (Å²) >= 11 is 0. The number of hydrogen-bond acceptors (Lipinski definition) is 6. The second-order valence-corrected chi connectivity index (χ2v) is 8.37. The van der Waals surface area contributed by atoms with Crippen molar-refractivity contribution in [3.05, 3.63) is 54.4 Å². The average Bonchev–Trinajstić information content (AvgIpc) is 2.60. The molecule has 0 saturated carbocycles. The topological polar surface area (TPSA) is 114 Å². The summed E-state index contributed by atoms with van der Waals surface area (Å²) in [6.07, 6.45) is 1.50. The van der Waals surface area contributed by atoms with Gasteiger partial charge in [0.15, 0.2) is 0 Å². The number of hydrogen-bond donors (Lipinski definition) is 2. The smallest absolute Gasteiger partial charge is 0.321 e. The monoisotopic (exact) mass is 391 g/mol. The molecule has 8 nitrogen and oxygen atoms in total. The molecule has 0 aliphatic heterocycles. The number of carbonyl (C=O) groups is 2. The maximum absolute atomic E-state index is 12.2. The van der Waals surface area contributed by atoms with E-state index in [1.54, 1.807) is 39.0 Å². The van der Waals surface area contributed by atoms with Crippen LogP contribution in [0.15, 0.2) is 53.6 Å². The van der Waals surface area contributed by atoms with Gasteiger partial charge in [-0.2, -0.15) is 4.72 Å². The highest BCUT2D eigenvalue weighted by Crippen LogP contribution is 2.15. The van der Waals surface area contributed by atoms with Gasteiger partial charge in [-0.3, -0.25) is 14.6 Å². The molecule has 1 amide bonds. The van der Waals surface area contributed by atoms with E-state index in [0.717, 1.165) is 0 Å². The van der Waals surface area contributed by atoms with E-state index in [-0.39, 0.29) is 10.6 Å². The van der Waals surface area contributed by atoms with Gasteiger partial charge in [-0.05, 0) is 57.2 Å². The van der Waals surface area contributed by atoms with E-state index in [0.29, 0.717) is 5.69 Å². The minimum absolute atomic E-state index is 0.0399. The highest BCUT2D eigenvalue weighted by Gasteiger charge is 2.20. The number of nitrogens with zero attached hydrogens (tertiary/aromatic N) is 1. The maximum atomic E-state index is 12.2. The number of pyridine rings is 1. The van der Waals surface area contributed by atoms with Crippen molar-refractivity contribution in [3.8, 4) is 0 Å². The number of rotatable bonds is 6. The van der Waals surface area contributed by atoms with Crippen molar-refractivity contribution in [2.24, 2.45) is 0 Å². The predicted octanol–water partition coefficient (Wildman–Crippen LogP) is 1.95. The van der Waals surface area contributed by atoms with Crippen LogP contribution in [0.1, 0.15) is 31.3 Å². The molecule has 0 radical (unpaired) electrons. The van der Waals surface area contributed by atoms with Crippen LogP contribution in [-0.2, 0) is 19.6 Å². The molecule has 2 N–H and O–H groups in total. The van der Waals surface area contributed by atoms with Crippen molar-refractivity contribution >= 4 is 27.6 Å². The summed E-state index contributed by atoms with van der Waals surface area (Å²) < 4.78 is 31.7. The van der Waals surface area contributed by atoms with Crippen LogP contribution in [0.3, 0.4) is 0 Å². The van der Waals surface area contributed by atoms with E-state index in [2.05, 4.69) is 15.0 Å². The first-order valence-corrected chi connectivity index (χ1v) is 9.59. The Bertz CT molecular complexity index is 904. The minimum atomic E-state index is -3.88. The molecule has 1 aromatic carbocycles. The van der Waals surface area contributed by atoms with E-state index in [1.807, 2.05) is 0 Å². The lowest BCUT2D eigenvalue weighted by molar-refractivity contribution is -0.153. The largest absolute Gasteiger partial charge is 0.459 e. The van der Waals surface area contributed by atoms with Crippen LogP contribution < -0.4 is 10.0 Å². The number of benzene rings is 1. The molecule has 0 bridgehead atoms. The Morgan fingerprint density at radius 1 is 1.07 bits per heavy atom. The molecule has 0 aliphatic carbocycles. The number of ether oxygens (including phenoxy) is 1. The van der Waals surface area contributed by atoms with Crippen LogP contribution in [0.25, 0.3) is 0 Å². The number of sulfonamides is 1. The molecule has 0 spiro atoms. The molecule has 2 aromatic rings. The van der Waals surface area contributed by atoms with Crippen LogP contribution in [0.4, 0.5) is 5.69 Å². The normalized spacial score (nSPS) is 11.7. The lowest BCUT2D eigenvalue weighted by Gasteiger charge is -2.19. The third-order valence-corrected chi connectivity index (χ3v) is 4.56. The average molecular weight is 391 g/mol. The summed E-state index contributed by atoms with van der Waals surface area (Å²) in [6.45, 7) is 4.60. The van der Waals surface area contributed by atoms with Crippen molar-refractivity contribution in [3.63, 3.8) is 0 Å². The number of anilines is 1. The number of carbonyl (C=O) groups excluding carboxylic acids is 2. The molecule has 144 valence electrons. The Hall–Kier alpha value is -2.78. The van der Waals surface area contributed by atoms with Crippen LogP contribution in [0.5, 0.6) is 0 Å². The highest BCUT2D eigenvalue weighted by molar-refractivity contribution is 7.89. The third-order valence-electron chi connectivity index (χ3n) is 3.15. The molecule has 0 unspecified atom stereocenters. The highest BCUT2D eigenvalue weighted by atomic mass is 32.2. The second-order valence-electron chi connectivity index (χ2n) is 6.60. The van der Waals surface area contributed by atoms with Crippen molar-refractivity contribution in [2.75, 3.05) is 11.9 Å². The van der Waals surface area contributed by atoms with Gasteiger partial charge in [-0.25, -0.2) is 8.42 Å². The van der Waals surface area contributed by atoms with Crippen molar-refractivity contribution in [1.29, 1.82) is 0 Å². The molecule has 0 fully saturated rings. The molecular weight excluding hydrogens is 370 g/mol. The summed E-state index contributed by atoms with van der Waals surface area (Å²) in [5.74, 6) is -1.08. The first kappa shape index (κ1) is 20.5. The number of nitrogens with one attached hydrogen (secondary N) is 2. The Morgan fingerprint density at radius 3 is 2.30 bits per heavy atom. The zero-order chi connectivity index (χ0) is 20.1. The number of esters is 1. The minimum Gasteiger partial charge on any atom is -0.459 e. The van der Waals surface area contributed by atoms with Gasteiger partial charge in [0.2, 0.25) is 10.0 Å². The van der Waals surface area contributed by atoms with E-state index in [1.165, 1.54) is 30.5 Å². The quantitative estimate of drug-likeness (QED) is 0.728. The fraction of sp³-hybridized carbons (Fsp3) is 0.278. The molecule has 0 atom stereocenters. The van der Waals surface area contributed by atoms with Gasteiger partial charge in [0, 0.05) is 11.9 Å². The van der Waals surface area contributed by atoms with Crippen LogP contribution >= 0.6 is 0 Å². The zero-order valence-corrected chi connectivity index (χ0v) is 16.0. The van der Waals surface area contributed by atoms with Crippen LogP contribution in [0.2, 0.25) is 0 Å². The molecule has 1 aromatic heterocycles. The lowest BCUT2D eigenvalue weighted by atomic mass is 10.2.